The van der Waals surface area contributed by atoms with E-state index < -0.39 is 0 Å². The molecule has 0 heterocycles. The highest BCUT2D eigenvalue weighted by molar-refractivity contribution is 6.10. The lowest BCUT2D eigenvalue weighted by Gasteiger charge is -2.27. The number of ether oxygens (including phenoxy) is 2. The van der Waals surface area contributed by atoms with E-state index in [4.69, 9.17) is 9.47 Å². The van der Waals surface area contributed by atoms with Crippen molar-refractivity contribution in [1.29, 1.82) is 0 Å². The Hall–Kier alpha value is -3.40. The van der Waals surface area contributed by atoms with E-state index in [1.54, 1.807) is 26.4 Å². The average Bonchev–Trinajstić information content (AvgIpc) is 2.85. The van der Waals surface area contributed by atoms with Gasteiger partial charge in [-0.1, -0.05) is 30.4 Å². The molecule has 0 bridgehead atoms. The Labute approximate surface area is 195 Å². The molecule has 0 aromatic heterocycles. The minimum absolute atomic E-state index is 0.173. The first-order chi connectivity index (χ1) is 16.1. The standard InChI is InChI=1S/C29H30O4/c1-32-28-17-11-20-7-3-5-9-24(20)26(28)15-13-22(30)19-23(31)14-16-27-25-10-6-4-8-21(25)12-18-29(27)33-2/h5-6,9-11,13-18,21H,3-4,7-8,12,19H2,1-2H3/b15-13+,16-14+. The number of carbonyl (C=O) groups is 2. The first-order valence-electron chi connectivity index (χ1n) is 11.5. The van der Waals surface area contributed by atoms with Crippen molar-refractivity contribution >= 4 is 23.7 Å². The Morgan fingerprint density at radius 1 is 1.00 bits per heavy atom. The molecule has 0 N–H and O–H groups in total. The van der Waals surface area contributed by atoms with E-state index in [0.717, 1.165) is 60.3 Å². The van der Waals surface area contributed by atoms with Gasteiger partial charge >= 0.3 is 0 Å². The van der Waals surface area contributed by atoms with Gasteiger partial charge in [-0.3, -0.25) is 9.59 Å². The molecule has 33 heavy (non-hydrogen) atoms. The predicted octanol–water partition coefficient (Wildman–Crippen LogP) is 5.95. The largest absolute Gasteiger partial charge is 0.496 e. The fourth-order valence-electron chi connectivity index (χ4n) is 4.74. The van der Waals surface area contributed by atoms with Crippen LogP contribution in [0.4, 0.5) is 0 Å². The molecule has 4 nitrogen and oxygen atoms in total. The van der Waals surface area contributed by atoms with Crippen LogP contribution < -0.4 is 4.74 Å². The molecular formula is C29H30O4. The topological polar surface area (TPSA) is 52.6 Å². The predicted molar refractivity (Wildman–Crippen MR) is 132 cm³/mol. The Balaban J connectivity index is 1.47. The van der Waals surface area contributed by atoms with Gasteiger partial charge in [-0.15, -0.1) is 0 Å². The summed E-state index contributed by atoms with van der Waals surface area (Å²) in [5.74, 6) is 1.52. The molecule has 0 aliphatic heterocycles. The van der Waals surface area contributed by atoms with Crippen LogP contribution >= 0.6 is 0 Å². The second kappa shape index (κ2) is 10.5. The van der Waals surface area contributed by atoms with E-state index in [2.05, 4.69) is 36.4 Å². The van der Waals surface area contributed by atoms with Gasteiger partial charge < -0.3 is 9.47 Å². The SMILES string of the molecule is COC1=CCC2CCC=CC2=C1/C=C/C(=O)CC(=O)/C=C/c1c(OC)ccc2c1C=CCC2. The lowest BCUT2D eigenvalue weighted by Crippen LogP contribution is -2.14. The van der Waals surface area contributed by atoms with Crippen LogP contribution in [-0.2, 0) is 20.7 Å². The summed E-state index contributed by atoms with van der Waals surface area (Å²) >= 11 is 0. The minimum Gasteiger partial charge on any atom is -0.496 e. The molecule has 4 rings (SSSR count). The molecule has 4 heteroatoms. The van der Waals surface area contributed by atoms with Gasteiger partial charge in [0.05, 0.1) is 20.6 Å². The van der Waals surface area contributed by atoms with E-state index in [-0.39, 0.29) is 18.0 Å². The molecule has 3 aliphatic rings. The van der Waals surface area contributed by atoms with Crippen molar-refractivity contribution in [2.24, 2.45) is 5.92 Å². The number of rotatable bonds is 8. The normalized spacial score (nSPS) is 19.5. The minimum atomic E-state index is -0.233. The zero-order valence-corrected chi connectivity index (χ0v) is 19.3. The van der Waals surface area contributed by atoms with Crippen molar-refractivity contribution in [3.63, 3.8) is 0 Å². The Morgan fingerprint density at radius 2 is 1.79 bits per heavy atom. The molecule has 0 radical (unpaired) electrons. The number of methoxy groups -OCH3 is 2. The number of ketones is 2. The highest BCUT2D eigenvalue weighted by Gasteiger charge is 2.24. The summed E-state index contributed by atoms with van der Waals surface area (Å²) in [6, 6.07) is 4.00. The quantitative estimate of drug-likeness (QED) is 0.369. The fourth-order valence-corrected chi connectivity index (χ4v) is 4.74. The average molecular weight is 443 g/mol. The number of allylic oxidation sites excluding steroid dienone is 8. The van der Waals surface area contributed by atoms with E-state index in [1.165, 1.54) is 23.3 Å². The lowest BCUT2D eigenvalue weighted by molar-refractivity contribution is -0.121. The summed E-state index contributed by atoms with van der Waals surface area (Å²) in [6.07, 6.45) is 22.1. The number of hydrogen-bond donors (Lipinski definition) is 0. The fraction of sp³-hybridized carbons (Fsp3) is 0.310. The van der Waals surface area contributed by atoms with E-state index in [1.807, 2.05) is 6.07 Å². The Bertz CT molecular complexity index is 1120. The molecule has 0 saturated carbocycles. The summed E-state index contributed by atoms with van der Waals surface area (Å²) < 4.78 is 11.0. The molecule has 3 aliphatic carbocycles. The van der Waals surface area contributed by atoms with Crippen molar-refractivity contribution in [3.05, 3.63) is 88.3 Å². The molecule has 170 valence electrons. The van der Waals surface area contributed by atoms with E-state index in [9.17, 15) is 9.59 Å². The number of hydrogen-bond acceptors (Lipinski definition) is 4. The number of aryl methyl sites for hydroxylation is 1. The molecule has 1 aromatic carbocycles. The van der Waals surface area contributed by atoms with E-state index >= 15 is 0 Å². The van der Waals surface area contributed by atoms with E-state index in [0.29, 0.717) is 5.92 Å². The van der Waals surface area contributed by atoms with Crippen LogP contribution in [0.25, 0.3) is 12.2 Å². The zero-order valence-electron chi connectivity index (χ0n) is 19.3. The molecule has 1 unspecified atom stereocenters. The third-order valence-electron chi connectivity index (χ3n) is 6.45. The summed E-state index contributed by atoms with van der Waals surface area (Å²) in [5.41, 5.74) is 5.35. The van der Waals surface area contributed by atoms with Gasteiger partial charge in [0.15, 0.2) is 11.6 Å². The third kappa shape index (κ3) is 5.16. The molecule has 0 spiro atoms. The van der Waals surface area contributed by atoms with Gasteiger partial charge in [-0.25, -0.2) is 0 Å². The van der Waals surface area contributed by atoms with Crippen molar-refractivity contribution in [2.75, 3.05) is 14.2 Å². The van der Waals surface area contributed by atoms with Crippen LogP contribution in [0.15, 0.2) is 71.6 Å². The number of benzene rings is 1. The number of fused-ring (bicyclic) bond motifs is 2. The Morgan fingerprint density at radius 3 is 2.58 bits per heavy atom. The van der Waals surface area contributed by atoms with Crippen molar-refractivity contribution < 1.29 is 19.1 Å². The van der Waals surface area contributed by atoms with Crippen molar-refractivity contribution in [3.8, 4) is 5.75 Å². The molecule has 1 aromatic rings. The van der Waals surface area contributed by atoms with Gasteiger partial charge in [0.1, 0.15) is 11.5 Å². The maximum atomic E-state index is 12.5. The van der Waals surface area contributed by atoms with Gasteiger partial charge in [-0.2, -0.15) is 0 Å². The van der Waals surface area contributed by atoms with Gasteiger partial charge in [0.25, 0.3) is 0 Å². The second-order valence-corrected chi connectivity index (χ2v) is 8.53. The van der Waals surface area contributed by atoms with Crippen LogP contribution in [0.2, 0.25) is 0 Å². The maximum Gasteiger partial charge on any atom is 0.163 e. The van der Waals surface area contributed by atoms with Crippen molar-refractivity contribution in [2.45, 2.75) is 38.5 Å². The van der Waals surface area contributed by atoms with Crippen LogP contribution in [0.5, 0.6) is 5.75 Å². The van der Waals surface area contributed by atoms with Crippen LogP contribution in [0, 0.1) is 5.92 Å². The molecule has 0 saturated heterocycles. The van der Waals surface area contributed by atoms with Crippen molar-refractivity contribution in [1.82, 2.24) is 0 Å². The van der Waals surface area contributed by atoms with Crippen LogP contribution in [0.3, 0.4) is 0 Å². The van der Waals surface area contributed by atoms with Crippen LogP contribution in [-0.4, -0.2) is 25.8 Å². The molecule has 1 atom stereocenters. The van der Waals surface area contributed by atoms with Crippen LogP contribution in [0.1, 0.15) is 48.8 Å². The first-order valence-corrected chi connectivity index (χ1v) is 11.5. The smallest absolute Gasteiger partial charge is 0.163 e. The monoisotopic (exact) mass is 442 g/mol. The van der Waals surface area contributed by atoms with Gasteiger partial charge in [0, 0.05) is 11.1 Å². The summed E-state index contributed by atoms with van der Waals surface area (Å²) in [4.78, 5) is 25.1. The zero-order chi connectivity index (χ0) is 23.2. The van der Waals surface area contributed by atoms with Gasteiger partial charge in [-0.05, 0) is 91.2 Å². The molecule has 0 fully saturated rings. The highest BCUT2D eigenvalue weighted by atomic mass is 16.5. The summed E-state index contributed by atoms with van der Waals surface area (Å²) in [7, 11) is 3.27. The highest BCUT2D eigenvalue weighted by Crippen LogP contribution is 2.37. The Kier molecular flexibility index (Phi) is 7.23. The molecule has 0 amide bonds. The maximum absolute atomic E-state index is 12.5. The van der Waals surface area contributed by atoms with Gasteiger partial charge in [0.2, 0.25) is 0 Å². The summed E-state index contributed by atoms with van der Waals surface area (Å²) in [5, 5.41) is 0. The third-order valence-corrected chi connectivity index (χ3v) is 6.45. The molecular weight excluding hydrogens is 412 g/mol. The first kappa shape index (κ1) is 22.8. The second-order valence-electron chi connectivity index (χ2n) is 8.53. The lowest BCUT2D eigenvalue weighted by atomic mass is 9.80. The number of carbonyl (C=O) groups excluding carboxylic acids is 2. The summed E-state index contributed by atoms with van der Waals surface area (Å²) in [6.45, 7) is 0.